The van der Waals surface area contributed by atoms with E-state index in [1.807, 2.05) is 0 Å². The van der Waals surface area contributed by atoms with Crippen LogP contribution in [0.25, 0.3) is 6.08 Å². The van der Waals surface area contributed by atoms with Gasteiger partial charge in [0.25, 0.3) is 5.79 Å². The number of carbonyl (C=O) groups is 4. The maximum absolute atomic E-state index is 15.2. The van der Waals surface area contributed by atoms with Crippen LogP contribution in [0, 0.1) is 5.82 Å². The Kier molecular flexibility index (Phi) is 36.8. The number of amides is 3. The molecule has 0 aliphatic carbocycles. The summed E-state index contributed by atoms with van der Waals surface area (Å²) in [5.74, 6) is -9.52. The summed E-state index contributed by atoms with van der Waals surface area (Å²) in [6.07, 6.45) is -41.2. The molecule has 2 unspecified atom stereocenters. The molecular formula is C67H106ClF4N3O31. The lowest BCUT2D eigenvalue weighted by molar-refractivity contribution is -0.403. The highest BCUT2D eigenvalue weighted by Crippen LogP contribution is 2.42. The zero-order valence-electron chi connectivity index (χ0n) is 58.9. The molecule has 3 amide bonds. The lowest BCUT2D eigenvalue weighted by Gasteiger charge is -2.52. The second kappa shape index (κ2) is 43.0. The van der Waals surface area contributed by atoms with Crippen LogP contribution in [-0.4, -0.2) is 321 Å². The number of nitrogens with one attached hydrogen (secondary N) is 3. The number of aliphatic hydroxyl groups excluding tert-OH is 16. The van der Waals surface area contributed by atoms with Crippen molar-refractivity contribution < 1.29 is 171 Å². The number of carbonyl (C=O) groups excluding carboxylic acids is 3. The highest BCUT2D eigenvalue weighted by molar-refractivity contribution is 6.31. The molecule has 5 saturated heterocycles. The summed E-state index contributed by atoms with van der Waals surface area (Å²) in [5, 5.41) is 195. The first-order valence-corrected chi connectivity index (χ1v) is 36.0. The Morgan fingerprint density at radius 1 is 0.613 bits per heavy atom. The Labute approximate surface area is 613 Å². The van der Waals surface area contributed by atoms with E-state index in [-0.39, 0.29) is 6.42 Å². The summed E-state index contributed by atoms with van der Waals surface area (Å²) < 4.78 is 116. The van der Waals surface area contributed by atoms with Crippen molar-refractivity contribution in [2.45, 2.75) is 307 Å². The minimum absolute atomic E-state index is 0.102. The van der Waals surface area contributed by atoms with E-state index in [9.17, 15) is 119 Å². The lowest BCUT2D eigenvalue weighted by Crippen LogP contribution is -2.72. The molecule has 106 heavy (non-hydrogen) atoms. The smallest absolute Gasteiger partial charge is 0.416 e. The Hall–Kier alpha value is -4.19. The quantitative estimate of drug-likeness (QED) is 0.0233. The van der Waals surface area contributed by atoms with Crippen LogP contribution in [0.4, 0.5) is 17.6 Å². The first-order valence-electron chi connectivity index (χ1n) is 35.6. The number of aliphatic hydroxyl groups is 16. The molecule has 1 aromatic carbocycles. The van der Waals surface area contributed by atoms with E-state index in [4.69, 9.17) is 59.0 Å². The number of carboxylic acid groups (broad SMARTS) is 1. The average molecular weight is 1560 g/mol. The van der Waals surface area contributed by atoms with Crippen LogP contribution in [0.5, 0.6) is 0 Å². The van der Waals surface area contributed by atoms with Gasteiger partial charge in [0.2, 0.25) is 17.7 Å². The molecule has 610 valence electrons. The summed E-state index contributed by atoms with van der Waals surface area (Å²) >= 11 is 5.80. The highest BCUT2D eigenvalue weighted by atomic mass is 35.5. The molecule has 5 heterocycles. The third kappa shape index (κ3) is 24.4. The normalized spacial score (nSPS) is 35.0. The third-order valence-electron chi connectivity index (χ3n) is 19.1. The Bertz CT molecular complexity index is 2890. The fraction of sp³-hybridized carbons (Fsp3) is 0.821. The lowest BCUT2D eigenvalue weighted by atomic mass is 9.88. The van der Waals surface area contributed by atoms with E-state index in [1.54, 1.807) is 0 Å². The zero-order valence-corrected chi connectivity index (χ0v) is 59.6. The van der Waals surface area contributed by atoms with Gasteiger partial charge in [0.05, 0.1) is 74.5 Å². The van der Waals surface area contributed by atoms with Crippen LogP contribution in [0.15, 0.2) is 18.2 Å². The maximum atomic E-state index is 15.2. The van der Waals surface area contributed by atoms with Gasteiger partial charge in [-0.15, -0.1) is 0 Å². The minimum Gasteiger partial charge on any atom is -0.477 e. The molecule has 0 aromatic heterocycles. The van der Waals surface area contributed by atoms with Gasteiger partial charge in [0, 0.05) is 32.3 Å². The van der Waals surface area contributed by atoms with Crippen LogP contribution in [-0.2, 0) is 72.7 Å². The van der Waals surface area contributed by atoms with Crippen molar-refractivity contribution in [3.8, 4) is 0 Å². The van der Waals surface area contributed by atoms with Gasteiger partial charge >= 0.3 is 12.1 Å². The standard InChI is InChI=1S/C67H106ClF4N3O31/c1-4-5-6-7-8-9-10-11-12-13-14-15-16-17-18-19-44(86)75-36(37(83)21-20-33-22-34(67(70,71)72)23-35(68)45(33)69)30-97-62-54(93)52(91)56(42(28-79)100-62)102-64-55(94)60(106-66(65(95)96)24-38(84)46(73-31(2)81)59(105-66)48(87)39(85)25-76)57(43(29-80)101-64)103-61-47(74-32(3)82)58(50(89)41(27-78)98-61)104-63-53(92)51(90)49(88)40(26-77)99-63/h20-23,36-43,46-64,76-80,83-85,87-94H,4-19,24-30H2,1-3H3,(H,73,81)(H,74,82)(H,75,86)(H,95,96)/b21-20-/t36-,37+,38-,39+,40+,41+,42+,43+,46+,47+,48?,49-,50-,51-,52+,53+,54+,55+,56+,57-,58+,59+,60+,61-,62+,63-,64-,66?/m0/s1. The Morgan fingerprint density at radius 2 is 1.10 bits per heavy atom. The van der Waals surface area contributed by atoms with Crippen molar-refractivity contribution >= 4 is 41.4 Å². The number of carboxylic acids is 1. The summed E-state index contributed by atoms with van der Waals surface area (Å²) in [6, 6.07) is -4.62. The van der Waals surface area contributed by atoms with Crippen molar-refractivity contribution in [1.82, 2.24) is 16.0 Å². The van der Waals surface area contributed by atoms with E-state index in [2.05, 4.69) is 22.9 Å². The number of ether oxygens (including phenoxy) is 10. The molecule has 0 bridgehead atoms. The molecule has 5 aliphatic heterocycles. The number of alkyl halides is 3. The van der Waals surface area contributed by atoms with Gasteiger partial charge < -0.3 is 150 Å². The summed E-state index contributed by atoms with van der Waals surface area (Å²) in [7, 11) is 0. The Morgan fingerprint density at radius 3 is 1.65 bits per heavy atom. The van der Waals surface area contributed by atoms with Crippen molar-refractivity contribution in [2.75, 3.05) is 39.6 Å². The molecule has 34 nitrogen and oxygen atoms in total. The van der Waals surface area contributed by atoms with Gasteiger partial charge in [-0.2, -0.15) is 13.2 Å². The molecule has 1 aromatic rings. The van der Waals surface area contributed by atoms with Crippen LogP contribution in [0.3, 0.4) is 0 Å². The predicted octanol–water partition coefficient (Wildman–Crippen LogP) is -2.78. The summed E-state index contributed by atoms with van der Waals surface area (Å²) in [6.45, 7) is -2.72. The molecule has 28 atom stereocenters. The molecule has 20 N–H and O–H groups in total. The van der Waals surface area contributed by atoms with Crippen LogP contribution >= 0.6 is 11.6 Å². The average Bonchev–Trinajstić information content (AvgIpc) is 0.746. The number of aliphatic carboxylic acids is 1. The van der Waals surface area contributed by atoms with Gasteiger partial charge in [0.1, 0.15) is 122 Å². The molecule has 6 rings (SSSR count). The van der Waals surface area contributed by atoms with Gasteiger partial charge in [-0.1, -0.05) is 121 Å². The summed E-state index contributed by atoms with van der Waals surface area (Å²) in [5.41, 5.74) is -2.06. The first-order chi connectivity index (χ1) is 50.2. The van der Waals surface area contributed by atoms with Crippen molar-refractivity contribution in [3.05, 3.63) is 40.2 Å². The van der Waals surface area contributed by atoms with E-state index in [0.29, 0.717) is 25.0 Å². The molecule has 0 saturated carbocycles. The van der Waals surface area contributed by atoms with Crippen molar-refractivity contribution in [1.29, 1.82) is 0 Å². The van der Waals surface area contributed by atoms with Gasteiger partial charge in [-0.25, -0.2) is 9.18 Å². The molecule has 0 spiro atoms. The fourth-order valence-electron chi connectivity index (χ4n) is 13.2. The molecule has 0 radical (unpaired) electrons. The largest absolute Gasteiger partial charge is 0.477 e. The van der Waals surface area contributed by atoms with Crippen LogP contribution < -0.4 is 16.0 Å². The van der Waals surface area contributed by atoms with Crippen LogP contribution in [0.1, 0.15) is 141 Å². The van der Waals surface area contributed by atoms with Crippen molar-refractivity contribution in [2.24, 2.45) is 0 Å². The number of halogens is 5. The number of hydrogen-bond acceptors (Lipinski definition) is 30. The van der Waals surface area contributed by atoms with Crippen LogP contribution in [0.2, 0.25) is 5.02 Å². The number of hydrogen-bond donors (Lipinski definition) is 20. The van der Waals surface area contributed by atoms with E-state index >= 15 is 4.39 Å². The minimum atomic E-state index is -4.98. The summed E-state index contributed by atoms with van der Waals surface area (Å²) in [4.78, 5) is 52.8. The SMILES string of the molecule is CCCCCCCCCCCCCCCCCC(=O)N[C@@H](CO[C@@H]1O[C@H](CO)[C@@H](O[C@@H]2O[C@H](CO)[C@H](O[C@@H]3O[C@H](CO)[C@H](O)[C@H](O[C@@H]4O[C@H](CO)[C@H](O)[C@H](O)[C@H]4O)[C@H]3NC(C)=O)[C@H](OC3(C(=O)O)C[C@H](O)[C@@H](NC(C)=O)[C@H](C(O)[C@H](O)CO)O3)[C@H]2O)[C@H](O)[C@H]1O)[C@H](O)/C=C\c1cc(C(F)(F)F)cc(Cl)c1F. The third-order valence-corrected chi connectivity index (χ3v) is 19.4. The molecule has 5 aliphatic rings. The molecule has 39 heteroatoms. The second-order valence-corrected chi connectivity index (χ2v) is 27.6. The monoisotopic (exact) mass is 1560 g/mol. The van der Waals surface area contributed by atoms with Gasteiger partial charge in [0.15, 0.2) is 25.2 Å². The molecule has 5 fully saturated rings. The maximum Gasteiger partial charge on any atom is 0.416 e. The molecular weight excluding hydrogens is 1450 g/mol. The fourth-order valence-corrected chi connectivity index (χ4v) is 13.5. The van der Waals surface area contributed by atoms with E-state index < -0.39 is 269 Å². The topological polar surface area (TPSA) is 541 Å². The van der Waals surface area contributed by atoms with Gasteiger partial charge in [-0.05, 0) is 18.6 Å². The number of unbranched alkanes of at least 4 members (excludes halogenated alkanes) is 14. The van der Waals surface area contributed by atoms with E-state index in [1.165, 1.54) is 44.9 Å². The highest BCUT2D eigenvalue weighted by Gasteiger charge is 2.62. The number of benzene rings is 1. The second-order valence-electron chi connectivity index (χ2n) is 27.2. The zero-order chi connectivity index (χ0) is 78.5. The Balaban J connectivity index is 1.28. The van der Waals surface area contributed by atoms with E-state index in [0.717, 1.165) is 64.5 Å². The number of rotatable bonds is 41. The first kappa shape index (κ1) is 90.7. The van der Waals surface area contributed by atoms with Crippen molar-refractivity contribution in [3.63, 3.8) is 0 Å². The van der Waals surface area contributed by atoms with Gasteiger partial charge in [-0.3, -0.25) is 14.4 Å². The predicted molar refractivity (Wildman–Crippen MR) is 354 cm³/mol.